The molecule has 0 saturated heterocycles. The zero-order valence-corrected chi connectivity index (χ0v) is 11.7. The van der Waals surface area contributed by atoms with Crippen LogP contribution in [0, 0.1) is 0 Å². The van der Waals surface area contributed by atoms with Crippen molar-refractivity contribution in [3.8, 4) is 0 Å². The Morgan fingerprint density at radius 2 is 2.00 bits per heavy atom. The summed E-state index contributed by atoms with van der Waals surface area (Å²) in [4.78, 5) is 11.4. The lowest BCUT2D eigenvalue weighted by Gasteiger charge is -2.14. The SMILES string of the molecule is CCNC(=O)[C@@H](C)NS(=O)(=O)c1ccccc1Cl. The first-order chi connectivity index (χ1) is 8.38. The summed E-state index contributed by atoms with van der Waals surface area (Å²) in [6.07, 6.45) is 0. The Bertz CT molecular complexity index is 531. The molecule has 0 heterocycles. The highest BCUT2D eigenvalue weighted by molar-refractivity contribution is 7.89. The van der Waals surface area contributed by atoms with E-state index in [-0.39, 0.29) is 15.8 Å². The van der Waals surface area contributed by atoms with E-state index in [0.29, 0.717) is 6.54 Å². The van der Waals surface area contributed by atoms with E-state index in [1.54, 1.807) is 19.1 Å². The van der Waals surface area contributed by atoms with Gasteiger partial charge in [0, 0.05) is 6.54 Å². The van der Waals surface area contributed by atoms with Crippen LogP contribution in [0.2, 0.25) is 5.02 Å². The van der Waals surface area contributed by atoms with Crippen molar-refractivity contribution in [3.05, 3.63) is 29.3 Å². The van der Waals surface area contributed by atoms with E-state index in [9.17, 15) is 13.2 Å². The van der Waals surface area contributed by atoms with Gasteiger partial charge >= 0.3 is 0 Å². The number of carbonyl (C=O) groups is 1. The quantitative estimate of drug-likeness (QED) is 0.854. The molecular weight excluding hydrogens is 276 g/mol. The fraction of sp³-hybridized carbons (Fsp3) is 0.364. The van der Waals surface area contributed by atoms with Crippen molar-refractivity contribution in [3.63, 3.8) is 0 Å². The van der Waals surface area contributed by atoms with Crippen LogP contribution < -0.4 is 10.0 Å². The molecule has 1 amide bonds. The van der Waals surface area contributed by atoms with Gasteiger partial charge in [0.1, 0.15) is 4.90 Å². The highest BCUT2D eigenvalue weighted by Gasteiger charge is 2.23. The van der Waals surface area contributed by atoms with Crippen molar-refractivity contribution in [2.45, 2.75) is 24.8 Å². The lowest BCUT2D eigenvalue weighted by atomic mass is 10.3. The van der Waals surface area contributed by atoms with Crippen molar-refractivity contribution in [2.24, 2.45) is 0 Å². The first kappa shape index (κ1) is 14.9. The monoisotopic (exact) mass is 290 g/mol. The van der Waals surface area contributed by atoms with Crippen molar-refractivity contribution in [2.75, 3.05) is 6.54 Å². The molecule has 0 fully saturated rings. The molecule has 7 heteroatoms. The third-order valence-corrected chi connectivity index (χ3v) is 4.24. The van der Waals surface area contributed by atoms with E-state index >= 15 is 0 Å². The van der Waals surface area contributed by atoms with Gasteiger partial charge in [-0.2, -0.15) is 4.72 Å². The molecule has 0 saturated carbocycles. The molecule has 0 aliphatic rings. The normalized spacial score (nSPS) is 13.1. The first-order valence-corrected chi connectivity index (χ1v) is 7.29. The maximum atomic E-state index is 12.0. The van der Waals surface area contributed by atoms with Crippen LogP contribution in [0.5, 0.6) is 0 Å². The van der Waals surface area contributed by atoms with Crippen molar-refractivity contribution < 1.29 is 13.2 Å². The maximum absolute atomic E-state index is 12.0. The molecule has 2 N–H and O–H groups in total. The second-order valence-corrected chi connectivity index (χ2v) is 5.76. The maximum Gasteiger partial charge on any atom is 0.242 e. The molecule has 100 valence electrons. The summed E-state index contributed by atoms with van der Waals surface area (Å²) >= 11 is 5.81. The summed E-state index contributed by atoms with van der Waals surface area (Å²) in [5.74, 6) is -0.381. The zero-order valence-electron chi connectivity index (χ0n) is 10.1. The molecule has 0 unspecified atom stereocenters. The number of sulfonamides is 1. The van der Waals surface area contributed by atoms with Crippen LogP contribution in [-0.4, -0.2) is 26.9 Å². The van der Waals surface area contributed by atoms with Gasteiger partial charge in [0.25, 0.3) is 0 Å². The number of hydrogen-bond acceptors (Lipinski definition) is 3. The van der Waals surface area contributed by atoms with Crippen LogP contribution in [0.3, 0.4) is 0 Å². The van der Waals surface area contributed by atoms with E-state index in [1.807, 2.05) is 0 Å². The minimum atomic E-state index is -3.80. The summed E-state index contributed by atoms with van der Waals surface area (Å²) in [5, 5.41) is 2.65. The number of halogens is 1. The zero-order chi connectivity index (χ0) is 13.8. The summed E-state index contributed by atoms with van der Waals surface area (Å²) in [7, 11) is -3.80. The Morgan fingerprint density at radius 1 is 1.39 bits per heavy atom. The van der Waals surface area contributed by atoms with Crippen LogP contribution in [0.25, 0.3) is 0 Å². The number of hydrogen-bond donors (Lipinski definition) is 2. The van der Waals surface area contributed by atoms with Gasteiger partial charge in [0.05, 0.1) is 11.1 Å². The summed E-state index contributed by atoms with van der Waals surface area (Å²) in [5.41, 5.74) is 0. The summed E-state index contributed by atoms with van der Waals surface area (Å²) in [6.45, 7) is 3.67. The van der Waals surface area contributed by atoms with Crippen LogP contribution in [-0.2, 0) is 14.8 Å². The third-order valence-electron chi connectivity index (χ3n) is 2.20. The molecule has 5 nitrogen and oxygen atoms in total. The molecule has 0 aliphatic carbocycles. The summed E-state index contributed by atoms with van der Waals surface area (Å²) < 4.78 is 26.3. The van der Waals surface area contributed by atoms with Gasteiger partial charge < -0.3 is 5.32 Å². The number of amides is 1. The number of rotatable bonds is 5. The Labute approximate surface area is 112 Å². The number of likely N-dealkylation sites (N-methyl/N-ethyl adjacent to an activating group) is 1. The van der Waals surface area contributed by atoms with Crippen LogP contribution >= 0.6 is 11.6 Å². The van der Waals surface area contributed by atoms with E-state index in [2.05, 4.69) is 10.0 Å². The highest BCUT2D eigenvalue weighted by atomic mass is 35.5. The molecule has 0 aromatic heterocycles. The van der Waals surface area contributed by atoms with Crippen LogP contribution in [0.4, 0.5) is 0 Å². The first-order valence-electron chi connectivity index (χ1n) is 5.43. The Balaban J connectivity index is 2.90. The minimum Gasteiger partial charge on any atom is -0.355 e. The van der Waals surface area contributed by atoms with E-state index in [1.165, 1.54) is 19.1 Å². The smallest absolute Gasteiger partial charge is 0.242 e. The Hall–Kier alpha value is -1.11. The minimum absolute atomic E-state index is 0.0391. The number of carbonyl (C=O) groups excluding carboxylic acids is 1. The number of nitrogens with one attached hydrogen (secondary N) is 2. The van der Waals surface area contributed by atoms with Gasteiger partial charge in [0.15, 0.2) is 0 Å². The molecular formula is C11H15ClN2O3S. The second-order valence-electron chi connectivity index (χ2n) is 3.67. The Kier molecular flexibility index (Phi) is 5.13. The predicted octanol–water partition coefficient (Wildman–Crippen LogP) is 1.14. The molecule has 1 aromatic carbocycles. The topological polar surface area (TPSA) is 75.3 Å². The highest BCUT2D eigenvalue weighted by Crippen LogP contribution is 2.20. The van der Waals surface area contributed by atoms with Gasteiger partial charge in [-0.05, 0) is 26.0 Å². The average molecular weight is 291 g/mol. The van der Waals surface area contributed by atoms with Crippen molar-refractivity contribution in [1.82, 2.24) is 10.0 Å². The molecule has 0 radical (unpaired) electrons. The molecule has 1 atom stereocenters. The molecule has 1 rings (SSSR count). The largest absolute Gasteiger partial charge is 0.355 e. The second kappa shape index (κ2) is 6.17. The fourth-order valence-corrected chi connectivity index (χ4v) is 3.06. The van der Waals surface area contributed by atoms with Gasteiger partial charge in [0.2, 0.25) is 15.9 Å². The molecule has 0 aliphatic heterocycles. The predicted molar refractivity (Wildman–Crippen MR) is 69.9 cm³/mol. The fourth-order valence-electron chi connectivity index (χ4n) is 1.34. The molecule has 18 heavy (non-hydrogen) atoms. The Morgan fingerprint density at radius 3 is 2.56 bits per heavy atom. The van der Waals surface area contributed by atoms with Gasteiger partial charge in [-0.25, -0.2) is 8.42 Å². The number of benzene rings is 1. The van der Waals surface area contributed by atoms with Gasteiger partial charge in [-0.15, -0.1) is 0 Å². The lowest BCUT2D eigenvalue weighted by molar-refractivity contribution is -0.122. The van der Waals surface area contributed by atoms with Gasteiger partial charge in [-0.3, -0.25) is 4.79 Å². The van der Waals surface area contributed by atoms with Crippen LogP contribution in [0.1, 0.15) is 13.8 Å². The molecule has 0 bridgehead atoms. The molecule has 1 aromatic rings. The van der Waals surface area contributed by atoms with E-state index < -0.39 is 16.1 Å². The average Bonchev–Trinajstić information content (AvgIpc) is 2.29. The third kappa shape index (κ3) is 3.69. The molecule has 0 spiro atoms. The lowest BCUT2D eigenvalue weighted by Crippen LogP contribution is -2.44. The van der Waals surface area contributed by atoms with Crippen molar-refractivity contribution >= 4 is 27.5 Å². The standard InChI is InChI=1S/C11H15ClN2O3S/c1-3-13-11(15)8(2)14-18(16,17)10-7-5-4-6-9(10)12/h4-8,14H,3H2,1-2H3,(H,13,15)/t8-/m1/s1. The van der Waals surface area contributed by atoms with Crippen LogP contribution in [0.15, 0.2) is 29.2 Å². The van der Waals surface area contributed by atoms with E-state index in [0.717, 1.165) is 0 Å². The van der Waals surface area contributed by atoms with Crippen molar-refractivity contribution in [1.29, 1.82) is 0 Å². The van der Waals surface area contributed by atoms with Gasteiger partial charge in [-0.1, -0.05) is 23.7 Å². The van der Waals surface area contributed by atoms with E-state index in [4.69, 9.17) is 11.6 Å². The summed E-state index contributed by atoms with van der Waals surface area (Å²) in [6, 6.07) is 5.21.